The zero-order valence-electron chi connectivity index (χ0n) is 7.97. The van der Waals surface area contributed by atoms with E-state index in [4.69, 9.17) is 9.47 Å². The first-order valence-corrected chi connectivity index (χ1v) is 4.70. The first-order chi connectivity index (χ1) is 6.83. The van der Waals surface area contributed by atoms with Crippen LogP contribution in [0.2, 0.25) is 0 Å². The van der Waals surface area contributed by atoms with Crippen molar-refractivity contribution in [2.75, 3.05) is 6.61 Å². The zero-order valence-corrected chi connectivity index (χ0v) is 7.97. The van der Waals surface area contributed by atoms with Crippen LogP contribution in [0.15, 0.2) is 30.3 Å². The van der Waals surface area contributed by atoms with Gasteiger partial charge in [-0.25, -0.2) is 4.79 Å². The molecule has 0 bridgehead atoms. The molecule has 1 aromatic rings. The molecule has 14 heavy (non-hydrogen) atoms. The van der Waals surface area contributed by atoms with Crippen molar-refractivity contribution in [1.29, 1.82) is 0 Å². The molecule has 0 radical (unpaired) electrons. The topological polar surface area (TPSA) is 38.8 Å². The van der Waals surface area contributed by atoms with Crippen molar-refractivity contribution in [2.24, 2.45) is 0 Å². The van der Waals surface area contributed by atoms with Crippen LogP contribution >= 0.6 is 0 Å². The highest BCUT2D eigenvalue weighted by atomic mass is 16.6. The third-order valence-electron chi connectivity index (χ3n) is 2.14. The number of benzene rings is 1. The number of epoxide rings is 1. The predicted octanol–water partition coefficient (Wildman–Crippen LogP) is 1.69. The van der Waals surface area contributed by atoms with Gasteiger partial charge < -0.3 is 9.47 Å². The number of ether oxygens (including phenoxy) is 2. The molecule has 1 heterocycles. The summed E-state index contributed by atoms with van der Waals surface area (Å²) in [6, 6.07) is 9.69. The van der Waals surface area contributed by atoms with Crippen molar-refractivity contribution in [3.63, 3.8) is 0 Å². The van der Waals surface area contributed by atoms with Gasteiger partial charge >= 0.3 is 5.97 Å². The summed E-state index contributed by atoms with van der Waals surface area (Å²) in [6.45, 7) is 2.19. The summed E-state index contributed by atoms with van der Waals surface area (Å²) in [5, 5.41) is 0. The molecule has 0 N–H and O–H groups in total. The summed E-state index contributed by atoms with van der Waals surface area (Å²) >= 11 is 0. The first kappa shape index (κ1) is 9.21. The Morgan fingerprint density at radius 2 is 2.14 bits per heavy atom. The van der Waals surface area contributed by atoms with E-state index in [2.05, 4.69) is 0 Å². The Hall–Kier alpha value is -1.35. The SMILES string of the molecule is CCOC(=O)[C@@H]1OC1c1ccccc1. The highest BCUT2D eigenvalue weighted by molar-refractivity contribution is 5.78. The van der Waals surface area contributed by atoms with Gasteiger partial charge in [-0.15, -0.1) is 0 Å². The Bertz CT molecular complexity index is 321. The van der Waals surface area contributed by atoms with Gasteiger partial charge in [-0.2, -0.15) is 0 Å². The number of hydrogen-bond donors (Lipinski definition) is 0. The second kappa shape index (κ2) is 3.80. The van der Waals surface area contributed by atoms with Crippen LogP contribution in [0.3, 0.4) is 0 Å². The van der Waals surface area contributed by atoms with Crippen LogP contribution in [0.1, 0.15) is 18.6 Å². The normalized spacial score (nSPS) is 24.4. The Morgan fingerprint density at radius 3 is 2.79 bits per heavy atom. The van der Waals surface area contributed by atoms with Crippen molar-refractivity contribution >= 4 is 5.97 Å². The molecule has 2 atom stereocenters. The fourth-order valence-electron chi connectivity index (χ4n) is 1.41. The minimum atomic E-state index is -0.391. The van der Waals surface area contributed by atoms with Crippen LogP contribution in [0.25, 0.3) is 0 Å². The largest absolute Gasteiger partial charge is 0.464 e. The monoisotopic (exact) mass is 192 g/mol. The molecule has 1 aliphatic heterocycles. The lowest BCUT2D eigenvalue weighted by molar-refractivity contribution is -0.144. The molecule has 1 fully saturated rings. The van der Waals surface area contributed by atoms with Gasteiger partial charge in [0.2, 0.25) is 0 Å². The van der Waals surface area contributed by atoms with E-state index < -0.39 is 6.10 Å². The van der Waals surface area contributed by atoms with Gasteiger partial charge in [0.15, 0.2) is 6.10 Å². The average Bonchev–Trinajstić information content (AvgIpc) is 2.99. The number of carbonyl (C=O) groups excluding carboxylic acids is 1. The van der Waals surface area contributed by atoms with Crippen molar-refractivity contribution in [3.8, 4) is 0 Å². The zero-order chi connectivity index (χ0) is 9.97. The molecular weight excluding hydrogens is 180 g/mol. The molecule has 3 heteroatoms. The van der Waals surface area contributed by atoms with Gasteiger partial charge in [-0.05, 0) is 12.5 Å². The molecule has 0 aliphatic carbocycles. The van der Waals surface area contributed by atoms with Crippen LogP contribution < -0.4 is 0 Å². The summed E-state index contributed by atoms with van der Waals surface area (Å²) in [4.78, 5) is 11.2. The van der Waals surface area contributed by atoms with Crippen LogP contribution in [0.5, 0.6) is 0 Å². The molecule has 74 valence electrons. The second-order valence-corrected chi connectivity index (χ2v) is 3.14. The van der Waals surface area contributed by atoms with Crippen molar-refractivity contribution in [3.05, 3.63) is 35.9 Å². The quantitative estimate of drug-likeness (QED) is 0.540. The maximum absolute atomic E-state index is 11.2. The molecule has 0 aromatic heterocycles. The maximum Gasteiger partial charge on any atom is 0.338 e. The van der Waals surface area contributed by atoms with E-state index in [1.807, 2.05) is 30.3 Å². The van der Waals surface area contributed by atoms with Gasteiger partial charge in [0.1, 0.15) is 6.10 Å². The molecule has 1 saturated heterocycles. The van der Waals surface area contributed by atoms with Crippen LogP contribution in [-0.4, -0.2) is 18.7 Å². The van der Waals surface area contributed by atoms with Crippen molar-refractivity contribution < 1.29 is 14.3 Å². The number of carbonyl (C=O) groups is 1. The van der Waals surface area contributed by atoms with Crippen molar-refractivity contribution in [1.82, 2.24) is 0 Å². The van der Waals surface area contributed by atoms with E-state index in [1.54, 1.807) is 6.92 Å². The summed E-state index contributed by atoms with van der Waals surface area (Å²) in [5.74, 6) is -0.263. The molecule has 0 spiro atoms. The number of rotatable bonds is 3. The predicted molar refractivity (Wildman–Crippen MR) is 50.7 cm³/mol. The highest BCUT2D eigenvalue weighted by Crippen LogP contribution is 2.39. The molecular formula is C11H12O3. The van der Waals surface area contributed by atoms with E-state index in [0.29, 0.717) is 6.61 Å². The molecule has 0 amide bonds. The van der Waals surface area contributed by atoms with Crippen LogP contribution in [0.4, 0.5) is 0 Å². The lowest BCUT2D eigenvalue weighted by Crippen LogP contribution is -2.11. The standard InChI is InChI=1S/C11H12O3/c1-2-13-11(12)10-9(14-10)8-6-4-3-5-7-8/h3-7,9-10H,2H2,1H3/t9?,10-/m1/s1. The molecule has 0 saturated carbocycles. The molecule has 2 rings (SSSR count). The summed E-state index contributed by atoms with van der Waals surface area (Å²) in [5.41, 5.74) is 1.03. The molecule has 1 unspecified atom stereocenters. The summed E-state index contributed by atoms with van der Waals surface area (Å²) < 4.78 is 10.1. The van der Waals surface area contributed by atoms with Crippen molar-refractivity contribution in [2.45, 2.75) is 19.1 Å². The Balaban J connectivity index is 1.96. The van der Waals surface area contributed by atoms with Gasteiger partial charge in [0.05, 0.1) is 6.61 Å². The summed E-state index contributed by atoms with van der Waals surface area (Å²) in [6.07, 6.45) is -0.493. The van der Waals surface area contributed by atoms with Crippen LogP contribution in [-0.2, 0) is 14.3 Å². The summed E-state index contributed by atoms with van der Waals surface area (Å²) in [7, 11) is 0. The van der Waals surface area contributed by atoms with Gasteiger partial charge in [-0.3, -0.25) is 0 Å². The van der Waals surface area contributed by atoms with E-state index >= 15 is 0 Å². The Labute approximate surface area is 82.6 Å². The highest BCUT2D eigenvalue weighted by Gasteiger charge is 2.47. The third-order valence-corrected chi connectivity index (χ3v) is 2.14. The van der Waals surface area contributed by atoms with E-state index in [0.717, 1.165) is 5.56 Å². The second-order valence-electron chi connectivity index (χ2n) is 3.14. The van der Waals surface area contributed by atoms with Gasteiger partial charge in [0.25, 0.3) is 0 Å². The number of hydrogen-bond acceptors (Lipinski definition) is 3. The van der Waals surface area contributed by atoms with Gasteiger partial charge in [-0.1, -0.05) is 30.3 Å². The average molecular weight is 192 g/mol. The Morgan fingerprint density at radius 1 is 1.43 bits per heavy atom. The molecule has 1 aromatic carbocycles. The minimum Gasteiger partial charge on any atom is -0.464 e. The Kier molecular flexibility index (Phi) is 2.50. The van der Waals surface area contributed by atoms with Gasteiger partial charge in [0, 0.05) is 0 Å². The van der Waals surface area contributed by atoms with E-state index in [9.17, 15) is 4.79 Å². The van der Waals surface area contributed by atoms with E-state index in [-0.39, 0.29) is 12.1 Å². The van der Waals surface area contributed by atoms with E-state index in [1.165, 1.54) is 0 Å². The molecule has 1 aliphatic rings. The lowest BCUT2D eigenvalue weighted by atomic mass is 10.1. The fourth-order valence-corrected chi connectivity index (χ4v) is 1.41. The maximum atomic E-state index is 11.2. The van der Waals surface area contributed by atoms with Crippen LogP contribution in [0, 0.1) is 0 Å². The minimum absolute atomic E-state index is 0.102. The third kappa shape index (κ3) is 1.77. The molecule has 3 nitrogen and oxygen atoms in total. The lowest BCUT2D eigenvalue weighted by Gasteiger charge is -1.96. The smallest absolute Gasteiger partial charge is 0.338 e. The fraction of sp³-hybridized carbons (Fsp3) is 0.364. The first-order valence-electron chi connectivity index (χ1n) is 4.70. The number of esters is 1.